The third-order valence-corrected chi connectivity index (χ3v) is 2.09. The Kier molecular flexibility index (Phi) is 4.25. The van der Waals surface area contributed by atoms with Crippen LogP contribution in [0.4, 0.5) is 15.3 Å². The molecule has 0 bridgehead atoms. The number of hydrogen-bond acceptors (Lipinski definition) is 5. The molecule has 18 heavy (non-hydrogen) atoms. The molecule has 0 saturated carbocycles. The molecule has 0 spiro atoms. The van der Waals surface area contributed by atoms with Crippen LogP contribution < -0.4 is 4.90 Å². The Bertz CT molecular complexity index is 468. The highest BCUT2D eigenvalue weighted by molar-refractivity contribution is 6.12. The maximum atomic E-state index is 11.5. The van der Waals surface area contributed by atoms with Crippen molar-refractivity contribution in [1.82, 2.24) is 0 Å². The molecule has 0 aliphatic rings. The van der Waals surface area contributed by atoms with E-state index >= 15 is 0 Å². The molecule has 0 saturated heterocycles. The fraction of sp³-hybridized carbons (Fsp3) is 0.182. The van der Waals surface area contributed by atoms with Crippen LogP contribution in [0.25, 0.3) is 0 Å². The lowest BCUT2D eigenvalue weighted by molar-refractivity contribution is 0.0698. The van der Waals surface area contributed by atoms with Gasteiger partial charge < -0.3 is 14.6 Å². The quantitative estimate of drug-likeness (QED) is 0.862. The molecule has 0 unspecified atom stereocenters. The molecular formula is C11H11NO6. The van der Waals surface area contributed by atoms with Crippen LogP contribution in [0.3, 0.4) is 0 Å². The molecule has 1 aromatic rings. The Morgan fingerprint density at radius 2 is 1.56 bits per heavy atom. The fourth-order valence-electron chi connectivity index (χ4n) is 1.30. The van der Waals surface area contributed by atoms with Crippen molar-refractivity contribution in [3.8, 4) is 0 Å². The van der Waals surface area contributed by atoms with Crippen LogP contribution in [0, 0.1) is 0 Å². The number of carboxylic acids is 1. The van der Waals surface area contributed by atoms with Crippen molar-refractivity contribution in [1.29, 1.82) is 0 Å². The van der Waals surface area contributed by atoms with Gasteiger partial charge >= 0.3 is 18.2 Å². The van der Waals surface area contributed by atoms with Gasteiger partial charge in [-0.15, -0.1) is 0 Å². The third-order valence-electron chi connectivity index (χ3n) is 2.09. The van der Waals surface area contributed by atoms with Gasteiger partial charge in [-0.05, 0) is 12.1 Å². The maximum absolute atomic E-state index is 11.5. The number of anilines is 1. The van der Waals surface area contributed by atoms with E-state index in [4.69, 9.17) is 5.11 Å². The first kappa shape index (κ1) is 13.5. The molecule has 0 fully saturated rings. The first-order chi connectivity index (χ1) is 8.52. The zero-order chi connectivity index (χ0) is 13.7. The summed E-state index contributed by atoms with van der Waals surface area (Å²) in [5, 5.41) is 8.99. The summed E-state index contributed by atoms with van der Waals surface area (Å²) >= 11 is 0. The molecule has 0 aliphatic heterocycles. The number of amides is 2. The number of imide groups is 1. The van der Waals surface area contributed by atoms with Gasteiger partial charge in [-0.1, -0.05) is 12.1 Å². The number of carboxylic acid groups (broad SMARTS) is 1. The van der Waals surface area contributed by atoms with Crippen molar-refractivity contribution in [3.63, 3.8) is 0 Å². The highest BCUT2D eigenvalue weighted by Gasteiger charge is 2.28. The predicted molar refractivity (Wildman–Crippen MR) is 60.7 cm³/mol. The second kappa shape index (κ2) is 5.67. The predicted octanol–water partition coefficient (Wildman–Crippen LogP) is 1.72. The Morgan fingerprint density at radius 3 is 2.00 bits per heavy atom. The lowest BCUT2D eigenvalue weighted by atomic mass is 10.1. The molecule has 0 atom stereocenters. The minimum atomic E-state index is -1.27. The number of aromatic carboxylic acids is 1. The molecular weight excluding hydrogens is 242 g/mol. The molecule has 96 valence electrons. The van der Waals surface area contributed by atoms with Gasteiger partial charge in [0.25, 0.3) is 0 Å². The third kappa shape index (κ3) is 2.57. The first-order valence-electron chi connectivity index (χ1n) is 4.81. The average molecular weight is 253 g/mol. The van der Waals surface area contributed by atoms with E-state index in [-0.39, 0.29) is 11.3 Å². The van der Waals surface area contributed by atoms with Crippen LogP contribution in [-0.2, 0) is 9.47 Å². The summed E-state index contributed by atoms with van der Waals surface area (Å²) in [4.78, 5) is 34.5. The number of hydrogen-bond donors (Lipinski definition) is 1. The summed E-state index contributed by atoms with van der Waals surface area (Å²) in [6.45, 7) is 0. The van der Waals surface area contributed by atoms with Gasteiger partial charge in [0, 0.05) is 0 Å². The number of methoxy groups -OCH3 is 2. The van der Waals surface area contributed by atoms with Crippen LogP contribution in [-0.4, -0.2) is 37.5 Å². The SMILES string of the molecule is COC(=O)N(C(=O)OC)c1ccccc1C(=O)O. The van der Waals surface area contributed by atoms with Gasteiger partial charge in [0.2, 0.25) is 0 Å². The number of carbonyl (C=O) groups excluding carboxylic acids is 2. The van der Waals surface area contributed by atoms with Crippen LogP contribution in [0.2, 0.25) is 0 Å². The minimum absolute atomic E-state index is 0.122. The van der Waals surface area contributed by atoms with Crippen LogP contribution in [0.5, 0.6) is 0 Å². The van der Waals surface area contributed by atoms with E-state index in [2.05, 4.69) is 9.47 Å². The van der Waals surface area contributed by atoms with Crippen molar-refractivity contribution >= 4 is 23.8 Å². The largest absolute Gasteiger partial charge is 0.478 e. The molecule has 0 radical (unpaired) electrons. The van der Waals surface area contributed by atoms with E-state index < -0.39 is 18.2 Å². The molecule has 7 nitrogen and oxygen atoms in total. The van der Waals surface area contributed by atoms with Crippen molar-refractivity contribution < 1.29 is 29.0 Å². The van der Waals surface area contributed by atoms with Crippen LogP contribution >= 0.6 is 0 Å². The first-order valence-corrected chi connectivity index (χ1v) is 4.81. The second-order valence-corrected chi connectivity index (χ2v) is 3.10. The fourth-order valence-corrected chi connectivity index (χ4v) is 1.30. The van der Waals surface area contributed by atoms with E-state index in [9.17, 15) is 14.4 Å². The smallest absolute Gasteiger partial charge is 0.423 e. The number of benzene rings is 1. The zero-order valence-electron chi connectivity index (χ0n) is 9.75. The van der Waals surface area contributed by atoms with Crippen molar-refractivity contribution in [2.75, 3.05) is 19.1 Å². The van der Waals surface area contributed by atoms with Crippen LogP contribution in [0.15, 0.2) is 24.3 Å². The molecule has 1 aromatic carbocycles. The van der Waals surface area contributed by atoms with Crippen LogP contribution in [0.1, 0.15) is 10.4 Å². The summed E-state index contributed by atoms with van der Waals surface area (Å²) in [7, 11) is 2.14. The Morgan fingerprint density at radius 1 is 1.06 bits per heavy atom. The van der Waals surface area contributed by atoms with Crippen molar-refractivity contribution in [2.24, 2.45) is 0 Å². The lowest BCUT2D eigenvalue weighted by Crippen LogP contribution is -2.37. The highest BCUT2D eigenvalue weighted by atomic mass is 16.6. The van der Waals surface area contributed by atoms with Crippen molar-refractivity contribution in [2.45, 2.75) is 0 Å². The van der Waals surface area contributed by atoms with E-state index in [1.165, 1.54) is 24.3 Å². The topological polar surface area (TPSA) is 93.1 Å². The standard InChI is InChI=1S/C11H11NO6/c1-17-10(15)12(11(16)18-2)8-6-4-3-5-7(8)9(13)14/h3-6H,1-2H3,(H,13,14). The average Bonchev–Trinajstić information content (AvgIpc) is 2.38. The van der Waals surface area contributed by atoms with Gasteiger partial charge in [0.1, 0.15) is 0 Å². The summed E-state index contributed by atoms with van der Waals surface area (Å²) in [5.41, 5.74) is -0.336. The lowest BCUT2D eigenvalue weighted by Gasteiger charge is -2.19. The number of nitrogens with zero attached hydrogens (tertiary/aromatic N) is 1. The second-order valence-electron chi connectivity index (χ2n) is 3.10. The number of carbonyl (C=O) groups is 3. The van der Waals surface area contributed by atoms with E-state index in [1.807, 2.05) is 0 Å². The molecule has 0 heterocycles. The summed E-state index contributed by atoms with van der Waals surface area (Å²) in [5.74, 6) is -1.27. The Balaban J connectivity index is 3.33. The zero-order valence-corrected chi connectivity index (χ0v) is 9.75. The summed E-state index contributed by atoms with van der Waals surface area (Å²) in [6, 6.07) is 5.52. The molecule has 2 amide bonds. The maximum Gasteiger partial charge on any atom is 0.423 e. The number of rotatable bonds is 2. The monoisotopic (exact) mass is 253 g/mol. The van der Waals surface area contributed by atoms with E-state index in [0.29, 0.717) is 4.90 Å². The number of para-hydroxylation sites is 1. The van der Waals surface area contributed by atoms with Gasteiger partial charge in [-0.25, -0.2) is 14.4 Å². The van der Waals surface area contributed by atoms with E-state index in [0.717, 1.165) is 14.2 Å². The normalized spacial score (nSPS) is 9.44. The molecule has 1 rings (SSSR count). The molecule has 1 N–H and O–H groups in total. The molecule has 0 aromatic heterocycles. The number of ether oxygens (including phenoxy) is 2. The minimum Gasteiger partial charge on any atom is -0.478 e. The Labute approximate surface area is 103 Å². The highest BCUT2D eigenvalue weighted by Crippen LogP contribution is 2.22. The van der Waals surface area contributed by atoms with Gasteiger partial charge in [0.05, 0.1) is 25.5 Å². The molecule has 0 aliphatic carbocycles. The Hall–Kier alpha value is -2.57. The molecule has 7 heteroatoms. The van der Waals surface area contributed by atoms with E-state index in [1.54, 1.807) is 0 Å². The van der Waals surface area contributed by atoms with Crippen molar-refractivity contribution in [3.05, 3.63) is 29.8 Å². The van der Waals surface area contributed by atoms with Gasteiger partial charge in [0.15, 0.2) is 0 Å². The summed E-state index contributed by atoms with van der Waals surface area (Å²) in [6.07, 6.45) is -2.06. The summed E-state index contributed by atoms with van der Waals surface area (Å²) < 4.78 is 8.84. The van der Waals surface area contributed by atoms with Gasteiger partial charge in [-0.3, -0.25) is 0 Å². The van der Waals surface area contributed by atoms with Gasteiger partial charge in [-0.2, -0.15) is 4.90 Å².